The van der Waals surface area contributed by atoms with Gasteiger partial charge in [-0.3, -0.25) is 19.8 Å². The third kappa shape index (κ3) is 3.01. The summed E-state index contributed by atoms with van der Waals surface area (Å²) in [4.78, 5) is 25.4. The van der Waals surface area contributed by atoms with Crippen molar-refractivity contribution < 1.29 is 9.72 Å². The largest absolute Gasteiger partial charge is 0.360 e. The SMILES string of the molecule is Cc1ccc(N2C(=O)c3ccccc3NC2c2ccc([N+](=O)[O-])cc2)cc1. The normalized spacial score (nSPS) is 15.8. The van der Waals surface area contributed by atoms with Crippen LogP contribution in [0, 0.1) is 17.0 Å². The molecule has 134 valence electrons. The Labute approximate surface area is 156 Å². The summed E-state index contributed by atoms with van der Waals surface area (Å²) < 4.78 is 0. The molecule has 6 heteroatoms. The van der Waals surface area contributed by atoms with Crippen LogP contribution in [0.2, 0.25) is 0 Å². The van der Waals surface area contributed by atoms with E-state index < -0.39 is 11.1 Å². The molecule has 0 saturated heterocycles. The van der Waals surface area contributed by atoms with Crippen LogP contribution >= 0.6 is 0 Å². The zero-order chi connectivity index (χ0) is 19.0. The van der Waals surface area contributed by atoms with Crippen molar-refractivity contribution >= 4 is 23.0 Å². The Morgan fingerprint density at radius 2 is 1.63 bits per heavy atom. The van der Waals surface area contributed by atoms with Crippen LogP contribution in [0.1, 0.15) is 27.7 Å². The maximum absolute atomic E-state index is 13.2. The molecule has 1 heterocycles. The topological polar surface area (TPSA) is 75.5 Å². The molecular weight excluding hydrogens is 342 g/mol. The summed E-state index contributed by atoms with van der Waals surface area (Å²) in [5.74, 6) is -0.114. The highest BCUT2D eigenvalue weighted by Crippen LogP contribution is 2.37. The molecule has 0 fully saturated rings. The van der Waals surface area contributed by atoms with Gasteiger partial charge in [0.2, 0.25) is 0 Å². The minimum atomic E-state index is -0.462. The lowest BCUT2D eigenvalue weighted by Gasteiger charge is -2.38. The molecule has 6 nitrogen and oxygen atoms in total. The number of para-hydroxylation sites is 1. The fourth-order valence-corrected chi connectivity index (χ4v) is 3.24. The quantitative estimate of drug-likeness (QED) is 0.544. The minimum Gasteiger partial charge on any atom is -0.360 e. The van der Waals surface area contributed by atoms with Gasteiger partial charge in [0.1, 0.15) is 6.17 Å². The fourth-order valence-electron chi connectivity index (χ4n) is 3.24. The number of hydrogen-bond acceptors (Lipinski definition) is 4. The molecule has 3 aromatic rings. The van der Waals surface area contributed by atoms with Crippen LogP contribution in [0.4, 0.5) is 17.1 Å². The van der Waals surface area contributed by atoms with E-state index in [4.69, 9.17) is 0 Å². The number of carbonyl (C=O) groups excluding carboxylic acids is 1. The van der Waals surface area contributed by atoms with Gasteiger partial charge in [0.05, 0.1) is 10.5 Å². The van der Waals surface area contributed by atoms with E-state index in [9.17, 15) is 14.9 Å². The van der Waals surface area contributed by atoms with Crippen molar-refractivity contribution in [1.82, 2.24) is 0 Å². The van der Waals surface area contributed by atoms with Crippen LogP contribution in [-0.4, -0.2) is 10.8 Å². The van der Waals surface area contributed by atoms with Gasteiger partial charge in [0.15, 0.2) is 0 Å². The van der Waals surface area contributed by atoms with Crippen LogP contribution in [0.5, 0.6) is 0 Å². The number of anilines is 2. The van der Waals surface area contributed by atoms with Gasteiger partial charge in [-0.05, 0) is 48.9 Å². The summed E-state index contributed by atoms with van der Waals surface area (Å²) in [6.45, 7) is 1.99. The molecule has 1 aliphatic heterocycles. The van der Waals surface area contributed by atoms with Gasteiger partial charge in [-0.2, -0.15) is 0 Å². The van der Waals surface area contributed by atoms with Gasteiger partial charge < -0.3 is 5.32 Å². The lowest BCUT2D eigenvalue weighted by atomic mass is 10.0. The third-order valence-corrected chi connectivity index (χ3v) is 4.66. The van der Waals surface area contributed by atoms with E-state index in [-0.39, 0.29) is 11.6 Å². The third-order valence-electron chi connectivity index (χ3n) is 4.66. The number of nitrogens with zero attached hydrogens (tertiary/aromatic N) is 2. The predicted molar refractivity (Wildman–Crippen MR) is 104 cm³/mol. The summed E-state index contributed by atoms with van der Waals surface area (Å²) >= 11 is 0. The van der Waals surface area contributed by atoms with E-state index in [0.29, 0.717) is 5.56 Å². The average molecular weight is 359 g/mol. The highest BCUT2D eigenvalue weighted by molar-refractivity contribution is 6.12. The predicted octanol–water partition coefficient (Wildman–Crippen LogP) is 4.67. The van der Waals surface area contributed by atoms with Crippen molar-refractivity contribution in [3.8, 4) is 0 Å². The lowest BCUT2D eigenvalue weighted by molar-refractivity contribution is -0.384. The smallest absolute Gasteiger partial charge is 0.269 e. The number of nitrogens with one attached hydrogen (secondary N) is 1. The van der Waals surface area contributed by atoms with E-state index >= 15 is 0 Å². The molecule has 3 aromatic carbocycles. The number of amides is 1. The van der Waals surface area contributed by atoms with Crippen molar-refractivity contribution in [2.45, 2.75) is 13.1 Å². The second-order valence-corrected chi connectivity index (χ2v) is 6.45. The molecule has 0 aromatic heterocycles. The van der Waals surface area contributed by atoms with E-state index in [0.717, 1.165) is 22.5 Å². The van der Waals surface area contributed by atoms with Gasteiger partial charge in [-0.25, -0.2) is 0 Å². The first-order valence-corrected chi connectivity index (χ1v) is 8.55. The van der Waals surface area contributed by atoms with Crippen LogP contribution < -0.4 is 10.2 Å². The summed E-state index contributed by atoms with van der Waals surface area (Å²) in [6.07, 6.45) is -0.462. The van der Waals surface area contributed by atoms with Gasteiger partial charge in [0.25, 0.3) is 11.6 Å². The summed E-state index contributed by atoms with van der Waals surface area (Å²) in [6, 6.07) is 21.3. The molecule has 27 heavy (non-hydrogen) atoms. The molecule has 1 aliphatic rings. The number of carbonyl (C=O) groups is 1. The van der Waals surface area contributed by atoms with E-state index in [1.807, 2.05) is 49.4 Å². The van der Waals surface area contributed by atoms with Gasteiger partial charge in [-0.1, -0.05) is 29.8 Å². The second-order valence-electron chi connectivity index (χ2n) is 6.45. The fraction of sp³-hybridized carbons (Fsp3) is 0.0952. The van der Waals surface area contributed by atoms with Crippen molar-refractivity contribution in [2.24, 2.45) is 0 Å². The Balaban J connectivity index is 1.82. The number of nitro groups is 1. The number of fused-ring (bicyclic) bond motifs is 1. The molecule has 1 atom stereocenters. The number of nitro benzene ring substituents is 1. The highest BCUT2D eigenvalue weighted by Gasteiger charge is 2.34. The molecule has 0 radical (unpaired) electrons. The molecule has 1 unspecified atom stereocenters. The number of rotatable bonds is 3. The molecule has 0 bridgehead atoms. The Morgan fingerprint density at radius 3 is 2.30 bits per heavy atom. The molecule has 0 saturated carbocycles. The van der Waals surface area contributed by atoms with Gasteiger partial charge >= 0.3 is 0 Å². The first-order valence-electron chi connectivity index (χ1n) is 8.55. The highest BCUT2D eigenvalue weighted by atomic mass is 16.6. The standard InChI is InChI=1S/C21H17N3O3/c1-14-6-10-16(11-7-14)23-20(15-8-12-17(13-9-15)24(26)27)22-19-5-3-2-4-18(19)21(23)25/h2-13,20,22H,1H3. The Morgan fingerprint density at radius 1 is 0.963 bits per heavy atom. The molecular formula is C21H17N3O3. The monoisotopic (exact) mass is 359 g/mol. The summed E-state index contributed by atoms with van der Waals surface area (Å²) in [5, 5.41) is 14.3. The summed E-state index contributed by atoms with van der Waals surface area (Å²) in [7, 11) is 0. The lowest BCUT2D eigenvalue weighted by Crippen LogP contribution is -2.43. The van der Waals surface area contributed by atoms with Gasteiger partial charge in [-0.15, -0.1) is 0 Å². The van der Waals surface area contributed by atoms with E-state index in [1.54, 1.807) is 23.1 Å². The Kier molecular flexibility index (Phi) is 4.08. The molecule has 1 amide bonds. The number of benzene rings is 3. The van der Waals surface area contributed by atoms with Crippen LogP contribution in [0.3, 0.4) is 0 Å². The summed E-state index contributed by atoms with van der Waals surface area (Å²) in [5.41, 5.74) is 3.98. The molecule has 1 N–H and O–H groups in total. The van der Waals surface area contributed by atoms with Crippen molar-refractivity contribution in [3.63, 3.8) is 0 Å². The van der Waals surface area contributed by atoms with E-state index in [2.05, 4.69) is 5.32 Å². The van der Waals surface area contributed by atoms with Crippen molar-refractivity contribution in [1.29, 1.82) is 0 Å². The Hall–Kier alpha value is -3.67. The molecule has 0 spiro atoms. The van der Waals surface area contributed by atoms with Crippen LogP contribution in [0.25, 0.3) is 0 Å². The van der Waals surface area contributed by atoms with E-state index in [1.165, 1.54) is 12.1 Å². The maximum atomic E-state index is 13.2. The maximum Gasteiger partial charge on any atom is 0.269 e. The average Bonchev–Trinajstić information content (AvgIpc) is 2.69. The van der Waals surface area contributed by atoms with Gasteiger partial charge in [0, 0.05) is 23.5 Å². The van der Waals surface area contributed by atoms with Crippen molar-refractivity contribution in [3.05, 3.63) is 99.6 Å². The number of hydrogen-bond donors (Lipinski definition) is 1. The Bertz CT molecular complexity index is 1010. The van der Waals surface area contributed by atoms with Crippen LogP contribution in [0.15, 0.2) is 72.8 Å². The number of non-ortho nitro benzene ring substituents is 1. The molecule has 0 aliphatic carbocycles. The zero-order valence-corrected chi connectivity index (χ0v) is 14.6. The zero-order valence-electron chi connectivity index (χ0n) is 14.6. The minimum absolute atomic E-state index is 0.0168. The van der Waals surface area contributed by atoms with Crippen molar-refractivity contribution in [2.75, 3.05) is 10.2 Å². The molecule has 4 rings (SSSR count). The van der Waals surface area contributed by atoms with Crippen LogP contribution in [-0.2, 0) is 0 Å². The first-order chi connectivity index (χ1) is 13.0. The second kappa shape index (κ2) is 6.57. The first kappa shape index (κ1) is 16.8. The number of aryl methyl sites for hydroxylation is 1.